The second-order valence-electron chi connectivity index (χ2n) is 5.44. The Hall–Kier alpha value is -0.750. The molecule has 0 atom stereocenters. The van der Waals surface area contributed by atoms with E-state index in [1.165, 1.54) is 0 Å². The number of aromatic nitrogens is 2. The van der Waals surface area contributed by atoms with Gasteiger partial charge < -0.3 is 5.32 Å². The van der Waals surface area contributed by atoms with E-state index in [0.29, 0.717) is 0 Å². The van der Waals surface area contributed by atoms with Gasteiger partial charge in [-0.15, -0.1) is 0 Å². The number of nitrogens with one attached hydrogen (secondary N) is 1. The minimum Gasteiger partial charge on any atom is -0.380 e. The zero-order valence-electron chi connectivity index (χ0n) is 11.2. The van der Waals surface area contributed by atoms with E-state index in [1.54, 1.807) is 0 Å². The van der Waals surface area contributed by atoms with Crippen molar-refractivity contribution in [2.75, 3.05) is 5.32 Å². The Labute approximate surface area is 132 Å². The molecule has 0 aliphatic rings. The van der Waals surface area contributed by atoms with Crippen LogP contribution in [0.5, 0.6) is 0 Å². The highest BCUT2D eigenvalue weighted by atomic mass is 127. The largest absolute Gasteiger partial charge is 0.380 e. The first-order valence-corrected chi connectivity index (χ1v) is 7.55. The first-order valence-electron chi connectivity index (χ1n) is 6.09. The van der Waals surface area contributed by atoms with Crippen LogP contribution in [0.4, 0.5) is 5.69 Å². The third-order valence-corrected chi connectivity index (χ3v) is 3.72. The minimum absolute atomic E-state index is 0.0127. The van der Waals surface area contributed by atoms with Crippen LogP contribution in [0.25, 0.3) is 0 Å². The van der Waals surface area contributed by atoms with Crippen molar-refractivity contribution < 1.29 is 0 Å². The van der Waals surface area contributed by atoms with Gasteiger partial charge in [0.15, 0.2) is 0 Å². The van der Waals surface area contributed by atoms with Crippen LogP contribution in [0.1, 0.15) is 26.3 Å². The zero-order chi connectivity index (χ0) is 14.0. The van der Waals surface area contributed by atoms with Gasteiger partial charge in [-0.3, -0.25) is 4.68 Å². The van der Waals surface area contributed by atoms with Crippen LogP contribution < -0.4 is 5.32 Å². The average molecular weight is 390 g/mol. The molecule has 1 N–H and O–H groups in total. The molecule has 0 unspecified atom stereocenters. The van der Waals surface area contributed by atoms with Gasteiger partial charge in [-0.25, -0.2) is 0 Å². The third kappa shape index (κ3) is 3.86. The van der Waals surface area contributed by atoms with E-state index in [2.05, 4.69) is 60.0 Å². The monoisotopic (exact) mass is 389 g/mol. The Bertz CT molecular complexity index is 572. The number of rotatable bonds is 3. The molecular weight excluding hydrogens is 373 g/mol. The van der Waals surface area contributed by atoms with Crippen molar-refractivity contribution in [3.63, 3.8) is 0 Å². The second-order valence-corrected chi connectivity index (χ2v) is 7.09. The van der Waals surface area contributed by atoms with Crippen LogP contribution in [0.3, 0.4) is 0 Å². The lowest BCUT2D eigenvalue weighted by atomic mass is 10.1. The molecule has 5 heteroatoms. The highest BCUT2D eigenvalue weighted by molar-refractivity contribution is 14.1. The Morgan fingerprint density at radius 1 is 1.37 bits per heavy atom. The van der Waals surface area contributed by atoms with E-state index >= 15 is 0 Å². The van der Waals surface area contributed by atoms with Crippen molar-refractivity contribution in [1.82, 2.24) is 9.78 Å². The van der Waals surface area contributed by atoms with Gasteiger partial charge in [0, 0.05) is 21.9 Å². The fourth-order valence-corrected chi connectivity index (χ4v) is 2.57. The normalized spacial score (nSPS) is 11.6. The van der Waals surface area contributed by atoms with E-state index in [4.69, 9.17) is 11.6 Å². The first kappa shape index (κ1) is 14.7. The molecule has 0 saturated carbocycles. The van der Waals surface area contributed by atoms with Crippen molar-refractivity contribution in [3.05, 3.63) is 44.7 Å². The Morgan fingerprint density at radius 3 is 2.68 bits per heavy atom. The summed E-state index contributed by atoms with van der Waals surface area (Å²) in [5.74, 6) is 0. The molecule has 0 spiro atoms. The predicted molar refractivity (Wildman–Crippen MR) is 88.7 cm³/mol. The summed E-state index contributed by atoms with van der Waals surface area (Å²) in [6, 6.07) is 5.98. The van der Waals surface area contributed by atoms with Crippen LogP contribution in [0, 0.1) is 3.57 Å². The lowest BCUT2D eigenvalue weighted by Crippen LogP contribution is -2.21. The topological polar surface area (TPSA) is 29.9 Å². The maximum atomic E-state index is 6.19. The summed E-state index contributed by atoms with van der Waals surface area (Å²) in [7, 11) is 0. The van der Waals surface area contributed by atoms with Crippen LogP contribution in [-0.4, -0.2) is 9.78 Å². The van der Waals surface area contributed by atoms with E-state index < -0.39 is 0 Å². The molecule has 0 aliphatic heterocycles. The van der Waals surface area contributed by atoms with Crippen LogP contribution in [-0.2, 0) is 12.1 Å². The summed E-state index contributed by atoms with van der Waals surface area (Å²) in [6.07, 6.45) is 3.95. The van der Waals surface area contributed by atoms with E-state index in [1.807, 2.05) is 29.1 Å². The number of nitrogens with zero attached hydrogens (tertiary/aromatic N) is 2. The average Bonchev–Trinajstić information content (AvgIpc) is 2.76. The summed E-state index contributed by atoms with van der Waals surface area (Å²) in [5, 5.41) is 8.46. The summed E-state index contributed by atoms with van der Waals surface area (Å²) in [4.78, 5) is 0. The summed E-state index contributed by atoms with van der Waals surface area (Å²) in [5.41, 5.74) is 2.11. The SMILES string of the molecule is CC(C)(C)n1cc(CNc2ccc(I)cc2Cl)cn1. The van der Waals surface area contributed by atoms with Gasteiger partial charge in [-0.1, -0.05) is 11.6 Å². The van der Waals surface area contributed by atoms with Crippen LogP contribution >= 0.6 is 34.2 Å². The van der Waals surface area contributed by atoms with Crippen molar-refractivity contribution in [1.29, 1.82) is 0 Å². The van der Waals surface area contributed by atoms with E-state index in [9.17, 15) is 0 Å². The molecule has 19 heavy (non-hydrogen) atoms. The second kappa shape index (κ2) is 5.71. The molecular formula is C14H17ClIN3. The zero-order valence-corrected chi connectivity index (χ0v) is 14.2. The van der Waals surface area contributed by atoms with Crippen LogP contribution in [0.15, 0.2) is 30.6 Å². The molecule has 0 amide bonds. The summed E-state index contributed by atoms with van der Waals surface area (Å²) < 4.78 is 3.10. The van der Waals surface area contributed by atoms with E-state index in [0.717, 1.165) is 26.4 Å². The predicted octanol–water partition coefficient (Wildman–Crippen LogP) is 4.51. The number of benzene rings is 1. The molecule has 0 aliphatic carbocycles. The molecule has 2 aromatic rings. The fourth-order valence-electron chi connectivity index (χ4n) is 1.65. The maximum Gasteiger partial charge on any atom is 0.0648 e. The molecule has 1 aromatic heterocycles. The molecule has 3 nitrogen and oxygen atoms in total. The maximum absolute atomic E-state index is 6.19. The Kier molecular flexibility index (Phi) is 4.40. The molecule has 1 aromatic carbocycles. The molecule has 1 heterocycles. The number of halogens is 2. The molecule has 2 rings (SSSR count). The minimum atomic E-state index is 0.0127. The first-order chi connectivity index (χ1) is 8.86. The van der Waals surface area contributed by atoms with E-state index in [-0.39, 0.29) is 5.54 Å². The molecule has 0 fully saturated rings. The standard InChI is InChI=1S/C14H17ClIN3/c1-14(2,3)19-9-10(8-18-19)7-17-13-5-4-11(16)6-12(13)15/h4-6,8-9,17H,7H2,1-3H3. The van der Waals surface area contributed by atoms with Gasteiger partial charge in [0.2, 0.25) is 0 Å². The fraction of sp³-hybridized carbons (Fsp3) is 0.357. The molecule has 0 bridgehead atoms. The molecule has 102 valence electrons. The molecule has 0 saturated heterocycles. The lowest BCUT2D eigenvalue weighted by Gasteiger charge is -2.18. The number of anilines is 1. The van der Waals surface area contributed by atoms with Gasteiger partial charge in [-0.2, -0.15) is 5.10 Å². The summed E-state index contributed by atoms with van der Waals surface area (Å²) >= 11 is 8.43. The quantitative estimate of drug-likeness (QED) is 0.783. The smallest absolute Gasteiger partial charge is 0.0648 e. The Morgan fingerprint density at radius 2 is 2.11 bits per heavy atom. The van der Waals surface area contributed by atoms with Gasteiger partial charge in [0.1, 0.15) is 0 Å². The highest BCUT2D eigenvalue weighted by Crippen LogP contribution is 2.24. The van der Waals surface area contributed by atoms with Crippen molar-refractivity contribution in [2.45, 2.75) is 32.9 Å². The van der Waals surface area contributed by atoms with Crippen molar-refractivity contribution >= 4 is 39.9 Å². The van der Waals surface area contributed by atoms with Gasteiger partial charge in [0.05, 0.1) is 22.4 Å². The van der Waals surface area contributed by atoms with Gasteiger partial charge in [0.25, 0.3) is 0 Å². The lowest BCUT2D eigenvalue weighted by molar-refractivity contribution is 0.355. The van der Waals surface area contributed by atoms with Crippen molar-refractivity contribution in [2.24, 2.45) is 0 Å². The van der Waals surface area contributed by atoms with Gasteiger partial charge in [-0.05, 0) is 61.6 Å². The Balaban J connectivity index is 2.04. The summed E-state index contributed by atoms with van der Waals surface area (Å²) in [6.45, 7) is 7.12. The highest BCUT2D eigenvalue weighted by Gasteiger charge is 2.13. The van der Waals surface area contributed by atoms with Crippen LogP contribution in [0.2, 0.25) is 5.02 Å². The number of hydrogen-bond acceptors (Lipinski definition) is 2. The van der Waals surface area contributed by atoms with Gasteiger partial charge >= 0.3 is 0 Å². The van der Waals surface area contributed by atoms with Crippen molar-refractivity contribution in [3.8, 4) is 0 Å². The third-order valence-electron chi connectivity index (χ3n) is 2.74. The number of hydrogen-bond donors (Lipinski definition) is 1. The molecule has 0 radical (unpaired) electrons.